The molecule has 6 heteroatoms. The molecule has 106 valence electrons. The molecule has 0 aliphatic rings. The van der Waals surface area contributed by atoms with Gasteiger partial charge in [0.25, 0.3) is 0 Å². The highest BCUT2D eigenvalue weighted by Crippen LogP contribution is 2.18. The van der Waals surface area contributed by atoms with Gasteiger partial charge in [-0.3, -0.25) is 14.3 Å². The van der Waals surface area contributed by atoms with Crippen molar-refractivity contribution < 1.29 is 19.1 Å². The third-order valence-electron chi connectivity index (χ3n) is 2.71. The lowest BCUT2D eigenvalue weighted by Crippen LogP contribution is -2.12. The molecule has 0 fully saturated rings. The Hall–Kier alpha value is -1.85. The van der Waals surface area contributed by atoms with Crippen LogP contribution in [-0.2, 0) is 27.3 Å². The van der Waals surface area contributed by atoms with Gasteiger partial charge in [0.2, 0.25) is 0 Å². The number of carbonyl (C=O) groups is 2. The number of methoxy groups -OCH3 is 1. The minimum atomic E-state index is -0.341. The van der Waals surface area contributed by atoms with Crippen LogP contribution in [0.4, 0.5) is 0 Å². The summed E-state index contributed by atoms with van der Waals surface area (Å²) in [5.74, 6) is 0.236. The molecule has 0 N–H and O–H groups in total. The van der Waals surface area contributed by atoms with Crippen molar-refractivity contribution in [2.24, 2.45) is 0 Å². The van der Waals surface area contributed by atoms with E-state index in [-0.39, 0.29) is 31.0 Å². The van der Waals surface area contributed by atoms with Gasteiger partial charge in [0, 0.05) is 13.0 Å². The summed E-state index contributed by atoms with van der Waals surface area (Å²) in [5, 5.41) is 4.13. The van der Waals surface area contributed by atoms with Gasteiger partial charge >= 0.3 is 5.97 Å². The van der Waals surface area contributed by atoms with E-state index in [2.05, 4.69) is 5.10 Å². The van der Waals surface area contributed by atoms with Gasteiger partial charge in [0.05, 0.1) is 38.4 Å². The molecule has 0 saturated heterocycles. The molecule has 0 saturated carbocycles. The zero-order valence-corrected chi connectivity index (χ0v) is 11.6. The second-order valence-electron chi connectivity index (χ2n) is 4.00. The summed E-state index contributed by atoms with van der Waals surface area (Å²) >= 11 is 0. The zero-order valence-electron chi connectivity index (χ0n) is 11.6. The van der Waals surface area contributed by atoms with Crippen molar-refractivity contribution in [1.82, 2.24) is 9.78 Å². The van der Waals surface area contributed by atoms with Crippen LogP contribution in [0.15, 0.2) is 6.20 Å². The highest BCUT2D eigenvalue weighted by atomic mass is 16.5. The summed E-state index contributed by atoms with van der Waals surface area (Å²) < 4.78 is 11.7. The SMILES string of the molecule is CCOC(=O)CCC(=O)Cc1c(OC)cnn1CC. The predicted molar refractivity (Wildman–Crippen MR) is 69.0 cm³/mol. The lowest BCUT2D eigenvalue weighted by molar-refractivity contribution is -0.144. The Kier molecular flexibility index (Phi) is 6.05. The van der Waals surface area contributed by atoms with Crippen molar-refractivity contribution in [1.29, 1.82) is 0 Å². The van der Waals surface area contributed by atoms with Crippen molar-refractivity contribution in [2.45, 2.75) is 39.7 Å². The number of carbonyl (C=O) groups excluding carboxylic acids is 2. The lowest BCUT2D eigenvalue weighted by atomic mass is 10.1. The number of ketones is 1. The van der Waals surface area contributed by atoms with Crippen LogP contribution in [0.3, 0.4) is 0 Å². The molecular formula is C13H20N2O4. The smallest absolute Gasteiger partial charge is 0.306 e. The maximum Gasteiger partial charge on any atom is 0.306 e. The van der Waals surface area contributed by atoms with Crippen LogP contribution < -0.4 is 4.74 Å². The number of aromatic nitrogens is 2. The Labute approximate surface area is 112 Å². The van der Waals surface area contributed by atoms with E-state index in [0.717, 1.165) is 5.69 Å². The average Bonchev–Trinajstić information content (AvgIpc) is 2.78. The fourth-order valence-corrected chi connectivity index (χ4v) is 1.76. The fraction of sp³-hybridized carbons (Fsp3) is 0.615. The van der Waals surface area contributed by atoms with E-state index in [1.165, 1.54) is 0 Å². The number of Topliss-reactive ketones (excluding diaryl/α,β-unsaturated/α-hetero) is 1. The molecule has 0 aromatic carbocycles. The first-order valence-corrected chi connectivity index (χ1v) is 6.38. The number of nitrogens with zero attached hydrogens (tertiary/aromatic N) is 2. The first-order chi connectivity index (χ1) is 9.12. The Balaban J connectivity index is 2.56. The second kappa shape index (κ2) is 7.56. The minimum Gasteiger partial charge on any atom is -0.493 e. The molecule has 1 aromatic heterocycles. The molecule has 0 unspecified atom stereocenters. The predicted octanol–water partition coefficient (Wildman–Crippen LogP) is 1.37. The number of esters is 1. The molecule has 1 aromatic rings. The van der Waals surface area contributed by atoms with Crippen LogP contribution in [0.5, 0.6) is 5.75 Å². The van der Waals surface area contributed by atoms with Gasteiger partial charge in [0.15, 0.2) is 5.75 Å². The fourth-order valence-electron chi connectivity index (χ4n) is 1.76. The molecule has 0 radical (unpaired) electrons. The first-order valence-electron chi connectivity index (χ1n) is 6.38. The first kappa shape index (κ1) is 15.2. The highest BCUT2D eigenvalue weighted by molar-refractivity contribution is 5.84. The van der Waals surface area contributed by atoms with E-state index in [9.17, 15) is 9.59 Å². The lowest BCUT2D eigenvalue weighted by Gasteiger charge is -2.06. The number of hydrogen-bond donors (Lipinski definition) is 0. The molecule has 0 amide bonds. The van der Waals surface area contributed by atoms with Gasteiger partial charge in [-0.1, -0.05) is 0 Å². The summed E-state index contributed by atoms with van der Waals surface area (Å²) in [7, 11) is 1.55. The van der Waals surface area contributed by atoms with E-state index in [0.29, 0.717) is 18.9 Å². The van der Waals surface area contributed by atoms with Crippen LogP contribution in [0.25, 0.3) is 0 Å². The van der Waals surface area contributed by atoms with E-state index in [1.807, 2.05) is 6.92 Å². The van der Waals surface area contributed by atoms with Gasteiger partial charge in [-0.2, -0.15) is 5.10 Å². The van der Waals surface area contributed by atoms with E-state index in [4.69, 9.17) is 9.47 Å². The molecule has 1 rings (SSSR count). The van der Waals surface area contributed by atoms with Gasteiger partial charge in [-0.15, -0.1) is 0 Å². The number of hydrogen-bond acceptors (Lipinski definition) is 5. The number of ether oxygens (including phenoxy) is 2. The topological polar surface area (TPSA) is 70.4 Å². The van der Waals surface area contributed by atoms with E-state index >= 15 is 0 Å². The Morgan fingerprint density at radius 2 is 2.05 bits per heavy atom. The minimum absolute atomic E-state index is 0.0263. The maximum atomic E-state index is 11.9. The zero-order chi connectivity index (χ0) is 14.3. The second-order valence-corrected chi connectivity index (χ2v) is 4.00. The quantitative estimate of drug-likeness (QED) is 0.666. The molecule has 6 nitrogen and oxygen atoms in total. The Morgan fingerprint density at radius 1 is 1.32 bits per heavy atom. The summed E-state index contributed by atoms with van der Waals surface area (Å²) in [6.45, 7) is 4.69. The van der Waals surface area contributed by atoms with Crippen LogP contribution in [0, 0.1) is 0 Å². The van der Waals surface area contributed by atoms with Crippen molar-refractivity contribution >= 4 is 11.8 Å². The van der Waals surface area contributed by atoms with Gasteiger partial charge in [-0.25, -0.2) is 0 Å². The van der Waals surface area contributed by atoms with Crippen LogP contribution >= 0.6 is 0 Å². The normalized spacial score (nSPS) is 10.3. The summed E-state index contributed by atoms with van der Waals surface area (Å²) in [4.78, 5) is 23.0. The summed E-state index contributed by atoms with van der Waals surface area (Å²) in [6.07, 6.45) is 2.11. The molecule has 0 aliphatic heterocycles. The molecule has 0 aliphatic carbocycles. The van der Waals surface area contributed by atoms with Gasteiger partial charge in [-0.05, 0) is 13.8 Å². The number of rotatable bonds is 8. The monoisotopic (exact) mass is 268 g/mol. The standard InChI is InChI=1S/C13H20N2O4/c1-4-15-11(12(18-3)9-14-15)8-10(16)6-7-13(17)19-5-2/h9H,4-8H2,1-3H3. The van der Waals surface area contributed by atoms with Crippen LogP contribution in [0.1, 0.15) is 32.4 Å². The van der Waals surface area contributed by atoms with Gasteiger partial charge < -0.3 is 9.47 Å². The summed E-state index contributed by atoms with van der Waals surface area (Å²) in [5.41, 5.74) is 0.749. The van der Waals surface area contributed by atoms with Crippen molar-refractivity contribution in [2.75, 3.05) is 13.7 Å². The largest absolute Gasteiger partial charge is 0.493 e. The Morgan fingerprint density at radius 3 is 2.63 bits per heavy atom. The van der Waals surface area contributed by atoms with E-state index in [1.54, 1.807) is 24.9 Å². The molecule has 0 bridgehead atoms. The molecule has 0 atom stereocenters. The van der Waals surface area contributed by atoms with E-state index < -0.39 is 0 Å². The van der Waals surface area contributed by atoms with Crippen molar-refractivity contribution in [3.8, 4) is 5.75 Å². The summed E-state index contributed by atoms with van der Waals surface area (Å²) in [6, 6.07) is 0. The van der Waals surface area contributed by atoms with Gasteiger partial charge in [0.1, 0.15) is 5.78 Å². The van der Waals surface area contributed by atoms with Crippen LogP contribution in [-0.4, -0.2) is 35.2 Å². The third kappa shape index (κ3) is 4.39. The van der Waals surface area contributed by atoms with Crippen molar-refractivity contribution in [3.63, 3.8) is 0 Å². The molecule has 19 heavy (non-hydrogen) atoms. The highest BCUT2D eigenvalue weighted by Gasteiger charge is 2.15. The third-order valence-corrected chi connectivity index (χ3v) is 2.71. The molecular weight excluding hydrogens is 248 g/mol. The van der Waals surface area contributed by atoms with Crippen molar-refractivity contribution in [3.05, 3.63) is 11.9 Å². The molecule has 0 spiro atoms. The molecule has 1 heterocycles. The number of aryl methyl sites for hydroxylation is 1. The Bertz CT molecular complexity index is 418. The van der Waals surface area contributed by atoms with Crippen LogP contribution in [0.2, 0.25) is 0 Å². The average molecular weight is 268 g/mol. The maximum absolute atomic E-state index is 11.9.